The zero-order valence-electron chi connectivity index (χ0n) is 19.6. The molecule has 36 heavy (non-hydrogen) atoms. The molecule has 1 fully saturated rings. The van der Waals surface area contributed by atoms with Gasteiger partial charge in [-0.1, -0.05) is 34.5 Å². The molecule has 3 aromatic rings. The van der Waals surface area contributed by atoms with Crippen LogP contribution in [0.1, 0.15) is 24.2 Å². The fourth-order valence-corrected chi connectivity index (χ4v) is 7.03. The summed E-state index contributed by atoms with van der Waals surface area (Å²) in [7, 11) is -2.50. The number of esters is 1. The summed E-state index contributed by atoms with van der Waals surface area (Å²) in [5, 5.41) is 0.517. The summed E-state index contributed by atoms with van der Waals surface area (Å²) in [6, 6.07) is 8.92. The average Bonchev–Trinajstić information content (AvgIpc) is 3.18. The molecule has 2 heterocycles. The fraction of sp³-hybridized carbons (Fsp3) is 0.348. The van der Waals surface area contributed by atoms with Gasteiger partial charge in [-0.2, -0.15) is 9.30 Å². The summed E-state index contributed by atoms with van der Waals surface area (Å²) in [6.45, 7) is 3.92. The number of methoxy groups -OCH3 is 1. The van der Waals surface area contributed by atoms with Gasteiger partial charge in [-0.25, -0.2) is 8.42 Å². The quantitative estimate of drug-likeness (QED) is 0.432. The van der Waals surface area contributed by atoms with E-state index < -0.39 is 21.9 Å². The molecule has 2 aromatic carbocycles. The van der Waals surface area contributed by atoms with Gasteiger partial charge in [0.05, 0.1) is 44.5 Å². The third-order valence-corrected chi connectivity index (χ3v) is 9.26. The van der Waals surface area contributed by atoms with Crippen LogP contribution < -0.4 is 4.80 Å². The highest BCUT2D eigenvalue weighted by molar-refractivity contribution is 7.89. The minimum absolute atomic E-state index is 0.0735. The van der Waals surface area contributed by atoms with Crippen LogP contribution in [-0.4, -0.2) is 61.6 Å². The van der Waals surface area contributed by atoms with Crippen LogP contribution >= 0.6 is 34.5 Å². The Bertz CT molecular complexity index is 1490. The van der Waals surface area contributed by atoms with Gasteiger partial charge in [0.2, 0.25) is 10.0 Å². The third kappa shape index (κ3) is 5.36. The number of hydrogen-bond acceptors (Lipinski definition) is 7. The molecule has 0 aliphatic carbocycles. The fourth-order valence-electron chi connectivity index (χ4n) is 3.93. The molecule has 1 aliphatic rings. The van der Waals surface area contributed by atoms with Crippen LogP contribution in [0.5, 0.6) is 0 Å². The molecule has 1 aromatic heterocycles. The Balaban J connectivity index is 1.68. The first-order valence-electron chi connectivity index (χ1n) is 10.9. The molecule has 1 amide bonds. The molecule has 4 rings (SSSR count). The van der Waals surface area contributed by atoms with Crippen LogP contribution in [-0.2, 0) is 30.8 Å². The normalized spacial score (nSPS) is 19.5. The molecule has 1 saturated heterocycles. The van der Waals surface area contributed by atoms with Crippen LogP contribution in [0.25, 0.3) is 10.2 Å². The van der Waals surface area contributed by atoms with Crippen molar-refractivity contribution in [3.8, 4) is 0 Å². The first-order valence-corrected chi connectivity index (χ1v) is 13.9. The number of hydrogen-bond donors (Lipinski definition) is 0. The summed E-state index contributed by atoms with van der Waals surface area (Å²) in [5.74, 6) is -1.17. The highest BCUT2D eigenvalue weighted by Crippen LogP contribution is 2.32. The third-order valence-electron chi connectivity index (χ3n) is 5.57. The van der Waals surface area contributed by atoms with Crippen molar-refractivity contribution in [2.45, 2.75) is 37.5 Å². The lowest BCUT2D eigenvalue weighted by Gasteiger charge is -2.34. The van der Waals surface area contributed by atoms with Gasteiger partial charge in [-0.05, 0) is 50.2 Å². The van der Waals surface area contributed by atoms with Gasteiger partial charge in [0, 0.05) is 18.7 Å². The molecule has 0 N–H and O–H groups in total. The van der Waals surface area contributed by atoms with Crippen molar-refractivity contribution in [3.05, 3.63) is 56.8 Å². The molecule has 192 valence electrons. The van der Waals surface area contributed by atoms with E-state index in [0.717, 1.165) is 11.3 Å². The van der Waals surface area contributed by atoms with E-state index in [4.69, 9.17) is 32.7 Å². The van der Waals surface area contributed by atoms with Gasteiger partial charge >= 0.3 is 5.97 Å². The second-order valence-corrected chi connectivity index (χ2v) is 12.0. The molecule has 0 radical (unpaired) electrons. The molecule has 0 saturated carbocycles. The number of ether oxygens (including phenoxy) is 2. The average molecular weight is 572 g/mol. The first kappa shape index (κ1) is 26.8. The molecule has 13 heteroatoms. The lowest BCUT2D eigenvalue weighted by molar-refractivity contribution is -0.141. The molecule has 0 spiro atoms. The Kier molecular flexibility index (Phi) is 7.89. The molecular weight excluding hydrogens is 549 g/mol. The molecule has 2 unspecified atom stereocenters. The number of rotatable bonds is 5. The number of thiazole rings is 1. The molecule has 0 bridgehead atoms. The number of amides is 1. The Morgan fingerprint density at radius 3 is 2.36 bits per heavy atom. The minimum Gasteiger partial charge on any atom is -0.468 e. The summed E-state index contributed by atoms with van der Waals surface area (Å²) in [4.78, 5) is 29.5. The monoisotopic (exact) mass is 571 g/mol. The predicted molar refractivity (Wildman–Crippen MR) is 137 cm³/mol. The van der Waals surface area contributed by atoms with Crippen LogP contribution in [0.2, 0.25) is 10.0 Å². The smallest absolute Gasteiger partial charge is 0.325 e. The highest BCUT2D eigenvalue weighted by atomic mass is 35.5. The number of halogens is 2. The number of aromatic nitrogens is 1. The van der Waals surface area contributed by atoms with Crippen LogP contribution in [0.4, 0.5) is 0 Å². The second kappa shape index (κ2) is 10.6. The van der Waals surface area contributed by atoms with Gasteiger partial charge in [0.15, 0.2) is 4.80 Å². The Hall–Kier alpha value is -2.28. The summed E-state index contributed by atoms with van der Waals surface area (Å²) in [6.07, 6.45) is -0.436. The molecule has 2 atom stereocenters. The molecule has 1 aliphatic heterocycles. The Labute approximate surface area is 221 Å². The highest BCUT2D eigenvalue weighted by Gasteiger charge is 2.32. The molecule has 9 nitrogen and oxygen atoms in total. The maximum Gasteiger partial charge on any atom is 0.325 e. The van der Waals surface area contributed by atoms with Crippen molar-refractivity contribution >= 4 is 66.7 Å². The van der Waals surface area contributed by atoms with Crippen LogP contribution in [0.3, 0.4) is 0 Å². The summed E-state index contributed by atoms with van der Waals surface area (Å²) < 4.78 is 40.1. The van der Waals surface area contributed by atoms with Gasteiger partial charge in [-0.3, -0.25) is 9.59 Å². The Morgan fingerprint density at radius 2 is 1.75 bits per heavy atom. The van der Waals surface area contributed by atoms with E-state index in [-0.39, 0.29) is 52.1 Å². The van der Waals surface area contributed by atoms with Crippen LogP contribution in [0, 0.1) is 0 Å². The Morgan fingerprint density at radius 1 is 1.11 bits per heavy atom. The predicted octanol–water partition coefficient (Wildman–Crippen LogP) is 3.72. The van der Waals surface area contributed by atoms with Gasteiger partial charge in [0.25, 0.3) is 5.91 Å². The van der Waals surface area contributed by atoms with Crippen LogP contribution in [0.15, 0.2) is 46.3 Å². The number of sulfonamides is 1. The minimum atomic E-state index is -3.75. The van der Waals surface area contributed by atoms with Crippen molar-refractivity contribution in [3.63, 3.8) is 0 Å². The van der Waals surface area contributed by atoms with Gasteiger partial charge < -0.3 is 14.0 Å². The van der Waals surface area contributed by atoms with E-state index >= 15 is 0 Å². The van der Waals surface area contributed by atoms with Crippen molar-refractivity contribution in [2.75, 3.05) is 20.2 Å². The number of carbonyl (C=O) groups is 2. The number of carbonyl (C=O) groups excluding carboxylic acids is 2. The SMILES string of the molecule is COC(=O)Cn1c(=NC(=O)c2ccc(S(=O)(=O)N3CC(C)OC(C)C3)cc2)sc2ccc(Cl)c(Cl)c21. The van der Waals surface area contributed by atoms with E-state index in [1.165, 1.54) is 40.2 Å². The molecular formula is C23H23Cl2N3O6S2. The second-order valence-electron chi connectivity index (χ2n) is 8.28. The van der Waals surface area contributed by atoms with Gasteiger partial charge in [-0.15, -0.1) is 0 Å². The number of morpholine rings is 1. The van der Waals surface area contributed by atoms with Gasteiger partial charge in [0.1, 0.15) is 6.54 Å². The number of nitrogens with zero attached hydrogens (tertiary/aromatic N) is 3. The maximum atomic E-state index is 13.1. The summed E-state index contributed by atoms with van der Waals surface area (Å²) in [5.41, 5.74) is 0.644. The topological polar surface area (TPSA) is 107 Å². The number of benzene rings is 2. The van der Waals surface area contributed by atoms with E-state index in [0.29, 0.717) is 15.2 Å². The zero-order chi connectivity index (χ0) is 26.2. The van der Waals surface area contributed by atoms with E-state index in [1.54, 1.807) is 12.1 Å². The standard InChI is InChI=1S/C23H23Cl2N3O6S2/c1-13-10-27(11-14(2)34-13)36(31,32)16-6-4-15(5-7-16)22(30)26-23-28(12-19(29)33-3)21-18(35-23)9-8-17(24)20(21)25/h4-9,13-14H,10-12H2,1-3H3. The lowest BCUT2D eigenvalue weighted by Crippen LogP contribution is -2.48. The summed E-state index contributed by atoms with van der Waals surface area (Å²) >= 11 is 13.7. The van der Waals surface area contributed by atoms with Crippen molar-refractivity contribution in [1.29, 1.82) is 0 Å². The number of fused-ring (bicyclic) bond motifs is 1. The lowest BCUT2D eigenvalue weighted by atomic mass is 10.2. The van der Waals surface area contributed by atoms with Crippen molar-refractivity contribution in [1.82, 2.24) is 8.87 Å². The maximum absolute atomic E-state index is 13.1. The first-order chi connectivity index (χ1) is 17.0. The zero-order valence-corrected chi connectivity index (χ0v) is 22.7. The van der Waals surface area contributed by atoms with E-state index in [9.17, 15) is 18.0 Å². The van der Waals surface area contributed by atoms with E-state index in [2.05, 4.69) is 4.99 Å². The van der Waals surface area contributed by atoms with Crippen molar-refractivity contribution in [2.24, 2.45) is 4.99 Å². The van der Waals surface area contributed by atoms with E-state index in [1.807, 2.05) is 13.8 Å². The van der Waals surface area contributed by atoms with Crippen molar-refractivity contribution < 1.29 is 27.5 Å². The largest absolute Gasteiger partial charge is 0.468 e.